The molecule has 1 N–H and O–H groups in total. The smallest absolute Gasteiger partial charge is 0.0730 e. The average Bonchev–Trinajstić information content (AvgIpc) is 2.78. The summed E-state index contributed by atoms with van der Waals surface area (Å²) in [5.41, 5.74) is 2.83. The molecule has 3 rings (SSSR count). The van der Waals surface area contributed by atoms with Crippen molar-refractivity contribution in [1.29, 1.82) is 0 Å². The first kappa shape index (κ1) is 11.1. The van der Waals surface area contributed by atoms with Gasteiger partial charge in [-0.15, -0.1) is 0 Å². The van der Waals surface area contributed by atoms with E-state index in [4.69, 9.17) is 11.6 Å². The number of hydrogen-bond donors (Lipinski definition) is 1. The summed E-state index contributed by atoms with van der Waals surface area (Å²) in [7, 11) is 0. The van der Waals surface area contributed by atoms with Crippen molar-refractivity contribution in [1.82, 2.24) is 9.97 Å². The van der Waals surface area contributed by atoms with Gasteiger partial charge < -0.3 is 4.98 Å². The SMILES string of the molecule is C=c1ccc(-c2c[nH]c3c(Cl)cccc23)nc1=C. The van der Waals surface area contributed by atoms with Crippen LogP contribution in [-0.4, -0.2) is 9.97 Å². The summed E-state index contributed by atoms with van der Waals surface area (Å²) in [5.74, 6) is 0. The second kappa shape index (κ2) is 4.00. The summed E-state index contributed by atoms with van der Waals surface area (Å²) < 4.78 is 0. The Bertz CT molecular complexity index is 833. The van der Waals surface area contributed by atoms with Gasteiger partial charge >= 0.3 is 0 Å². The maximum atomic E-state index is 6.14. The molecule has 0 radical (unpaired) electrons. The van der Waals surface area contributed by atoms with E-state index in [0.29, 0.717) is 10.4 Å². The third-order valence-electron chi connectivity index (χ3n) is 3.01. The fourth-order valence-electron chi connectivity index (χ4n) is 2.01. The van der Waals surface area contributed by atoms with Gasteiger partial charge in [0.15, 0.2) is 0 Å². The van der Waals surface area contributed by atoms with Crippen molar-refractivity contribution in [2.75, 3.05) is 0 Å². The number of nitrogens with zero attached hydrogens (tertiary/aromatic N) is 1. The van der Waals surface area contributed by atoms with E-state index in [1.54, 1.807) is 0 Å². The lowest BCUT2D eigenvalue weighted by atomic mass is 10.1. The standard InChI is InChI=1S/C15H11ClN2/c1-9-6-7-14(18-10(9)2)12-8-17-15-11(12)4-3-5-13(15)16/h3-8,17H,1-2H2. The lowest BCUT2D eigenvalue weighted by molar-refractivity contribution is 1.24. The molecule has 1 aromatic carbocycles. The number of aromatic nitrogens is 2. The van der Waals surface area contributed by atoms with Crippen molar-refractivity contribution < 1.29 is 0 Å². The van der Waals surface area contributed by atoms with E-state index in [9.17, 15) is 0 Å². The van der Waals surface area contributed by atoms with Crippen LogP contribution in [0.3, 0.4) is 0 Å². The van der Waals surface area contributed by atoms with E-state index in [1.807, 2.05) is 36.5 Å². The van der Waals surface area contributed by atoms with Crippen LogP contribution in [0.1, 0.15) is 0 Å². The predicted molar refractivity (Wildman–Crippen MR) is 76.8 cm³/mol. The maximum absolute atomic E-state index is 6.14. The zero-order valence-corrected chi connectivity index (χ0v) is 10.5. The van der Waals surface area contributed by atoms with Crippen LogP contribution in [0.25, 0.3) is 35.3 Å². The molecule has 0 aliphatic carbocycles. The predicted octanol–water partition coefficient (Wildman–Crippen LogP) is 2.70. The Morgan fingerprint density at radius 3 is 2.72 bits per heavy atom. The normalized spacial score (nSPS) is 10.9. The Morgan fingerprint density at radius 2 is 1.94 bits per heavy atom. The second-order valence-electron chi connectivity index (χ2n) is 4.17. The third-order valence-corrected chi connectivity index (χ3v) is 3.32. The lowest BCUT2D eigenvalue weighted by Gasteiger charge is -1.99. The van der Waals surface area contributed by atoms with Crippen LogP contribution in [-0.2, 0) is 0 Å². The first-order valence-electron chi connectivity index (χ1n) is 5.58. The number of fused-ring (bicyclic) bond motifs is 1. The van der Waals surface area contributed by atoms with Gasteiger partial charge in [0.1, 0.15) is 0 Å². The van der Waals surface area contributed by atoms with E-state index in [1.165, 1.54) is 0 Å². The van der Waals surface area contributed by atoms with Crippen LogP contribution in [0.5, 0.6) is 0 Å². The largest absolute Gasteiger partial charge is 0.359 e. The number of nitrogens with one attached hydrogen (secondary N) is 1. The van der Waals surface area contributed by atoms with Gasteiger partial charge in [-0.2, -0.15) is 0 Å². The molecule has 0 saturated heterocycles. The first-order valence-corrected chi connectivity index (χ1v) is 5.95. The molecule has 0 saturated carbocycles. The molecule has 0 amide bonds. The molecule has 18 heavy (non-hydrogen) atoms. The average molecular weight is 255 g/mol. The van der Waals surface area contributed by atoms with Crippen molar-refractivity contribution in [3.05, 3.63) is 52.1 Å². The molecule has 2 aromatic heterocycles. The highest BCUT2D eigenvalue weighted by Gasteiger charge is 2.08. The Kier molecular flexibility index (Phi) is 2.46. The fourth-order valence-corrected chi connectivity index (χ4v) is 2.24. The maximum Gasteiger partial charge on any atom is 0.0730 e. The minimum atomic E-state index is 0.698. The minimum absolute atomic E-state index is 0.698. The minimum Gasteiger partial charge on any atom is -0.359 e. The lowest BCUT2D eigenvalue weighted by Crippen LogP contribution is -2.24. The molecule has 0 aliphatic rings. The summed E-state index contributed by atoms with van der Waals surface area (Å²) in [5, 5.41) is 3.31. The van der Waals surface area contributed by atoms with E-state index >= 15 is 0 Å². The summed E-state index contributed by atoms with van der Waals surface area (Å²) in [6, 6.07) is 9.69. The highest BCUT2D eigenvalue weighted by Crippen LogP contribution is 2.30. The molecule has 2 nitrogen and oxygen atoms in total. The van der Waals surface area contributed by atoms with Gasteiger partial charge in [-0.1, -0.05) is 43.0 Å². The van der Waals surface area contributed by atoms with Crippen LogP contribution in [0.4, 0.5) is 0 Å². The number of para-hydroxylation sites is 1. The van der Waals surface area contributed by atoms with Crippen molar-refractivity contribution in [2.24, 2.45) is 0 Å². The van der Waals surface area contributed by atoms with Gasteiger partial charge in [0, 0.05) is 17.1 Å². The topological polar surface area (TPSA) is 28.7 Å². The summed E-state index contributed by atoms with van der Waals surface area (Å²) in [4.78, 5) is 7.64. The van der Waals surface area contributed by atoms with E-state index in [-0.39, 0.29) is 0 Å². The molecule has 0 fully saturated rings. The van der Waals surface area contributed by atoms with Crippen LogP contribution < -0.4 is 10.6 Å². The number of benzene rings is 1. The van der Waals surface area contributed by atoms with Gasteiger partial charge in [-0.05, 0) is 17.4 Å². The van der Waals surface area contributed by atoms with Crippen LogP contribution in [0.15, 0.2) is 36.5 Å². The van der Waals surface area contributed by atoms with Crippen molar-refractivity contribution >= 4 is 35.7 Å². The molecule has 0 bridgehead atoms. The molecule has 0 aliphatic heterocycles. The molecular formula is C15H11ClN2. The first-order chi connectivity index (χ1) is 8.66. The molecular weight excluding hydrogens is 244 g/mol. The number of hydrogen-bond acceptors (Lipinski definition) is 1. The number of H-pyrrole nitrogens is 1. The van der Waals surface area contributed by atoms with Crippen molar-refractivity contribution in [3.63, 3.8) is 0 Å². The van der Waals surface area contributed by atoms with Gasteiger partial charge in [-0.3, -0.25) is 0 Å². The van der Waals surface area contributed by atoms with E-state index in [2.05, 4.69) is 23.1 Å². The number of pyridine rings is 1. The Labute approximate surface area is 109 Å². The third kappa shape index (κ3) is 1.62. The highest BCUT2D eigenvalue weighted by molar-refractivity contribution is 6.35. The van der Waals surface area contributed by atoms with Gasteiger partial charge in [-0.25, -0.2) is 4.98 Å². The van der Waals surface area contributed by atoms with Gasteiger partial charge in [0.2, 0.25) is 0 Å². The van der Waals surface area contributed by atoms with Crippen LogP contribution >= 0.6 is 11.6 Å². The molecule has 0 spiro atoms. The molecule has 0 atom stereocenters. The number of halogens is 1. The number of aromatic amines is 1. The quantitative estimate of drug-likeness (QED) is 0.711. The van der Waals surface area contributed by atoms with Crippen molar-refractivity contribution in [3.8, 4) is 11.3 Å². The highest BCUT2D eigenvalue weighted by atomic mass is 35.5. The molecule has 3 heteroatoms. The van der Waals surface area contributed by atoms with Gasteiger partial charge in [0.25, 0.3) is 0 Å². The van der Waals surface area contributed by atoms with E-state index in [0.717, 1.165) is 27.4 Å². The summed E-state index contributed by atoms with van der Waals surface area (Å²) in [6.45, 7) is 7.74. The van der Waals surface area contributed by atoms with Crippen LogP contribution in [0, 0.1) is 0 Å². The summed E-state index contributed by atoms with van der Waals surface area (Å²) in [6.07, 6.45) is 1.92. The summed E-state index contributed by atoms with van der Waals surface area (Å²) >= 11 is 6.14. The second-order valence-corrected chi connectivity index (χ2v) is 4.57. The molecule has 88 valence electrons. The zero-order valence-electron chi connectivity index (χ0n) is 9.70. The fraction of sp³-hybridized carbons (Fsp3) is 0. The number of rotatable bonds is 1. The van der Waals surface area contributed by atoms with Gasteiger partial charge in [0.05, 0.1) is 21.6 Å². The van der Waals surface area contributed by atoms with E-state index < -0.39 is 0 Å². The Morgan fingerprint density at radius 1 is 1.11 bits per heavy atom. The zero-order chi connectivity index (χ0) is 12.7. The van der Waals surface area contributed by atoms with Crippen molar-refractivity contribution in [2.45, 2.75) is 0 Å². The molecule has 0 unspecified atom stereocenters. The Balaban J connectivity index is 2.32. The molecule has 3 aromatic rings. The monoisotopic (exact) mass is 254 g/mol. The Hall–Kier alpha value is -2.06. The molecule has 2 heterocycles. The van der Waals surface area contributed by atoms with Crippen LogP contribution in [0.2, 0.25) is 5.02 Å².